The van der Waals surface area contributed by atoms with Crippen LogP contribution in [0.3, 0.4) is 0 Å². The number of benzene rings is 2. The Morgan fingerprint density at radius 1 is 1.27 bits per heavy atom. The molecule has 178 valence electrons. The summed E-state index contributed by atoms with van der Waals surface area (Å²) in [4.78, 5) is 11.2. The number of carbonyl (C=O) groups is 1. The zero-order valence-electron chi connectivity index (χ0n) is 20.0. The van der Waals surface area contributed by atoms with Gasteiger partial charge in [0.05, 0.1) is 12.2 Å². The summed E-state index contributed by atoms with van der Waals surface area (Å²) in [5.74, 6) is 0.166. The van der Waals surface area contributed by atoms with Gasteiger partial charge in [0, 0.05) is 22.4 Å². The monoisotopic (exact) mass is 470 g/mol. The molecule has 5 heteroatoms. The standard InChI is InChI=1S/C28H35ClO4/c1-6-8-26-23(20-9-7-10-21(29)13-20)15-22(18(4)5)28(33-26)24-14-19(17(2)3)11-12-25(24)32-16-27(30)31/h7,9-14,17,22-23,26,28H,4,6,8,15-16H2,1-3,5H3,(H,30,31)/t22-,23-,26-,28+/m1/s1. The normalized spacial score (nSPS) is 22.8. The summed E-state index contributed by atoms with van der Waals surface area (Å²) in [6.07, 6.45) is 2.57. The minimum absolute atomic E-state index is 0.0177. The van der Waals surface area contributed by atoms with Crippen LogP contribution >= 0.6 is 11.6 Å². The van der Waals surface area contributed by atoms with E-state index in [9.17, 15) is 9.90 Å². The van der Waals surface area contributed by atoms with E-state index in [1.54, 1.807) is 0 Å². The molecule has 4 nitrogen and oxygen atoms in total. The van der Waals surface area contributed by atoms with Gasteiger partial charge in [0.25, 0.3) is 0 Å². The fraction of sp³-hybridized carbons (Fsp3) is 0.464. The highest BCUT2D eigenvalue weighted by Gasteiger charge is 2.40. The maximum absolute atomic E-state index is 11.2. The van der Waals surface area contributed by atoms with Gasteiger partial charge in [-0.05, 0) is 61.1 Å². The fourth-order valence-corrected chi connectivity index (χ4v) is 4.94. The second-order valence-electron chi connectivity index (χ2n) is 9.37. The molecule has 1 N–H and O–H groups in total. The first-order valence-corrected chi connectivity index (χ1v) is 12.1. The minimum atomic E-state index is -1.00. The Morgan fingerprint density at radius 2 is 2.03 bits per heavy atom. The molecule has 3 rings (SSSR count). The van der Waals surface area contributed by atoms with Gasteiger partial charge in [0.1, 0.15) is 5.75 Å². The molecule has 1 saturated heterocycles. The molecule has 1 heterocycles. The van der Waals surface area contributed by atoms with Gasteiger partial charge in [0.15, 0.2) is 6.61 Å². The molecule has 2 aromatic rings. The lowest BCUT2D eigenvalue weighted by Gasteiger charge is -2.43. The fourth-order valence-electron chi connectivity index (χ4n) is 4.74. The topological polar surface area (TPSA) is 55.8 Å². The molecule has 33 heavy (non-hydrogen) atoms. The maximum atomic E-state index is 11.2. The van der Waals surface area contributed by atoms with Crippen molar-refractivity contribution in [3.63, 3.8) is 0 Å². The number of aliphatic carboxylic acids is 1. The van der Waals surface area contributed by atoms with Gasteiger partial charge >= 0.3 is 5.97 Å². The lowest BCUT2D eigenvalue weighted by Crippen LogP contribution is -2.36. The molecular formula is C28H35ClO4. The van der Waals surface area contributed by atoms with Crippen LogP contribution < -0.4 is 4.74 Å². The molecule has 4 atom stereocenters. The van der Waals surface area contributed by atoms with Crippen LogP contribution in [0.5, 0.6) is 5.75 Å². The van der Waals surface area contributed by atoms with Crippen molar-refractivity contribution in [3.8, 4) is 5.75 Å². The molecule has 0 unspecified atom stereocenters. The van der Waals surface area contributed by atoms with E-state index in [1.807, 2.05) is 37.3 Å². The summed E-state index contributed by atoms with van der Waals surface area (Å²) in [6, 6.07) is 14.0. The predicted octanol–water partition coefficient (Wildman–Crippen LogP) is 7.53. The van der Waals surface area contributed by atoms with E-state index in [0.29, 0.717) is 11.7 Å². The Morgan fingerprint density at radius 3 is 2.64 bits per heavy atom. The van der Waals surface area contributed by atoms with Crippen molar-refractivity contribution in [2.75, 3.05) is 6.61 Å². The second kappa shape index (κ2) is 11.2. The molecule has 2 aromatic carbocycles. The highest BCUT2D eigenvalue weighted by atomic mass is 35.5. The van der Waals surface area contributed by atoms with Crippen LogP contribution in [-0.4, -0.2) is 23.8 Å². The SMILES string of the molecule is C=C(C)[C@H]1C[C@H](c2cccc(Cl)c2)[C@@H](CCC)O[C@@H]1c1cc(C(C)C)ccc1OCC(=O)O. The van der Waals surface area contributed by atoms with Gasteiger partial charge < -0.3 is 14.6 Å². The van der Waals surface area contributed by atoms with Crippen molar-refractivity contribution in [2.45, 2.75) is 71.0 Å². The molecule has 0 saturated carbocycles. The summed E-state index contributed by atoms with van der Waals surface area (Å²) in [5.41, 5.74) is 4.30. The van der Waals surface area contributed by atoms with E-state index < -0.39 is 5.97 Å². The zero-order chi connectivity index (χ0) is 24.1. The Hall–Kier alpha value is -2.30. The first kappa shape index (κ1) is 25.3. The summed E-state index contributed by atoms with van der Waals surface area (Å²) in [5, 5.41) is 9.90. The molecule has 0 aliphatic carbocycles. The Bertz CT molecular complexity index is 984. The summed E-state index contributed by atoms with van der Waals surface area (Å²) in [7, 11) is 0. The van der Waals surface area contributed by atoms with Gasteiger partial charge in [-0.2, -0.15) is 0 Å². The van der Waals surface area contributed by atoms with E-state index in [-0.39, 0.29) is 30.7 Å². The summed E-state index contributed by atoms with van der Waals surface area (Å²) >= 11 is 6.32. The number of hydrogen-bond acceptors (Lipinski definition) is 3. The first-order valence-electron chi connectivity index (χ1n) is 11.8. The molecule has 1 aliphatic rings. The Labute approximate surface area is 202 Å². The average Bonchev–Trinajstić information content (AvgIpc) is 2.77. The summed E-state index contributed by atoms with van der Waals surface area (Å²) in [6.45, 7) is 12.4. The van der Waals surface area contributed by atoms with E-state index >= 15 is 0 Å². The van der Waals surface area contributed by atoms with Crippen molar-refractivity contribution < 1.29 is 19.4 Å². The van der Waals surface area contributed by atoms with Crippen LogP contribution in [0.1, 0.15) is 81.6 Å². The van der Waals surface area contributed by atoms with Gasteiger partial charge in [-0.15, -0.1) is 0 Å². The number of carboxylic acids is 1. The molecule has 0 radical (unpaired) electrons. The number of rotatable bonds is 9. The molecule has 0 amide bonds. The van der Waals surface area contributed by atoms with Gasteiger partial charge in [-0.1, -0.05) is 69.1 Å². The van der Waals surface area contributed by atoms with Gasteiger partial charge in [-0.3, -0.25) is 0 Å². The molecule has 1 fully saturated rings. The maximum Gasteiger partial charge on any atom is 0.341 e. The highest BCUT2D eigenvalue weighted by molar-refractivity contribution is 6.30. The zero-order valence-corrected chi connectivity index (χ0v) is 20.8. The average molecular weight is 471 g/mol. The number of ether oxygens (including phenoxy) is 2. The largest absolute Gasteiger partial charge is 0.482 e. The van der Waals surface area contributed by atoms with Crippen LogP contribution in [0.2, 0.25) is 5.02 Å². The quantitative estimate of drug-likeness (QED) is 0.384. The Balaban J connectivity index is 2.05. The third kappa shape index (κ3) is 6.18. The van der Waals surface area contributed by atoms with E-state index in [2.05, 4.69) is 39.5 Å². The first-order chi connectivity index (χ1) is 15.7. The molecule has 0 spiro atoms. The van der Waals surface area contributed by atoms with Crippen LogP contribution in [0, 0.1) is 5.92 Å². The summed E-state index contributed by atoms with van der Waals surface area (Å²) < 4.78 is 12.6. The van der Waals surface area contributed by atoms with Crippen molar-refractivity contribution in [1.29, 1.82) is 0 Å². The third-order valence-corrected chi connectivity index (χ3v) is 6.72. The number of halogens is 1. The van der Waals surface area contributed by atoms with Crippen LogP contribution in [0.15, 0.2) is 54.6 Å². The van der Waals surface area contributed by atoms with E-state index in [0.717, 1.165) is 35.4 Å². The lowest BCUT2D eigenvalue weighted by atomic mass is 9.74. The van der Waals surface area contributed by atoms with E-state index in [1.165, 1.54) is 11.1 Å². The number of carboxylic acid groups (broad SMARTS) is 1. The molecule has 0 aromatic heterocycles. The highest BCUT2D eigenvalue weighted by Crippen LogP contribution is 2.49. The second-order valence-corrected chi connectivity index (χ2v) is 9.80. The minimum Gasteiger partial charge on any atom is -0.482 e. The van der Waals surface area contributed by atoms with Crippen molar-refractivity contribution in [1.82, 2.24) is 0 Å². The van der Waals surface area contributed by atoms with Crippen LogP contribution in [0.25, 0.3) is 0 Å². The number of hydrogen-bond donors (Lipinski definition) is 1. The lowest BCUT2D eigenvalue weighted by molar-refractivity contribution is -0.139. The molecule has 1 aliphatic heterocycles. The van der Waals surface area contributed by atoms with Gasteiger partial charge in [-0.25, -0.2) is 4.79 Å². The van der Waals surface area contributed by atoms with E-state index in [4.69, 9.17) is 21.1 Å². The van der Waals surface area contributed by atoms with Crippen LogP contribution in [-0.2, 0) is 9.53 Å². The predicted molar refractivity (Wildman–Crippen MR) is 133 cm³/mol. The molecular weight excluding hydrogens is 436 g/mol. The van der Waals surface area contributed by atoms with Crippen LogP contribution in [0.4, 0.5) is 0 Å². The van der Waals surface area contributed by atoms with Crippen molar-refractivity contribution >= 4 is 17.6 Å². The molecule has 0 bridgehead atoms. The van der Waals surface area contributed by atoms with Gasteiger partial charge in [0.2, 0.25) is 0 Å². The Kier molecular flexibility index (Phi) is 8.61. The van der Waals surface area contributed by atoms with Crippen molar-refractivity contribution in [3.05, 3.63) is 76.3 Å². The smallest absolute Gasteiger partial charge is 0.341 e. The van der Waals surface area contributed by atoms with Crippen molar-refractivity contribution in [2.24, 2.45) is 5.92 Å². The third-order valence-electron chi connectivity index (χ3n) is 6.48.